The van der Waals surface area contributed by atoms with Gasteiger partial charge in [-0.1, -0.05) is 19.1 Å². The Bertz CT molecular complexity index is 717. The molecule has 2 amide bonds. The summed E-state index contributed by atoms with van der Waals surface area (Å²) in [5.74, 6) is -0.277. The molecule has 2 rings (SSSR count). The first-order valence-electron chi connectivity index (χ1n) is 8.03. The maximum absolute atomic E-state index is 12.1. The third kappa shape index (κ3) is 6.12. The van der Waals surface area contributed by atoms with E-state index < -0.39 is 0 Å². The Morgan fingerprint density at radius 2 is 1.72 bits per heavy atom. The van der Waals surface area contributed by atoms with E-state index in [1.165, 1.54) is 0 Å². The van der Waals surface area contributed by atoms with Gasteiger partial charge in [-0.15, -0.1) is 12.4 Å². The highest BCUT2D eigenvalue weighted by Gasteiger charge is 2.10. The summed E-state index contributed by atoms with van der Waals surface area (Å²) in [5.41, 5.74) is 8.24. The SMILES string of the molecule is CCC(C)NC(=O)c1cccc(CNC(=O)c2ccc(N)cc2)c1.Cl. The normalized spacial score (nSPS) is 11.1. The van der Waals surface area contributed by atoms with E-state index in [0.717, 1.165) is 12.0 Å². The third-order valence-corrected chi connectivity index (χ3v) is 3.80. The number of carbonyl (C=O) groups excluding carboxylic acids is 2. The second-order valence-corrected chi connectivity index (χ2v) is 5.79. The molecule has 2 aromatic carbocycles. The van der Waals surface area contributed by atoms with Crippen LogP contribution < -0.4 is 16.4 Å². The van der Waals surface area contributed by atoms with Crippen LogP contribution in [0.15, 0.2) is 48.5 Å². The van der Waals surface area contributed by atoms with Crippen LogP contribution in [0.2, 0.25) is 0 Å². The zero-order valence-corrected chi connectivity index (χ0v) is 15.2. The van der Waals surface area contributed by atoms with Crippen molar-refractivity contribution in [1.29, 1.82) is 0 Å². The Morgan fingerprint density at radius 3 is 2.36 bits per heavy atom. The summed E-state index contributed by atoms with van der Waals surface area (Å²) in [4.78, 5) is 24.2. The van der Waals surface area contributed by atoms with E-state index in [1.807, 2.05) is 26.0 Å². The molecule has 0 fully saturated rings. The van der Waals surface area contributed by atoms with Crippen molar-refractivity contribution < 1.29 is 9.59 Å². The number of carbonyl (C=O) groups is 2. The van der Waals surface area contributed by atoms with Gasteiger partial charge in [0.15, 0.2) is 0 Å². The fourth-order valence-corrected chi connectivity index (χ4v) is 2.15. The molecule has 0 aromatic heterocycles. The van der Waals surface area contributed by atoms with Gasteiger partial charge in [-0.25, -0.2) is 0 Å². The molecule has 0 aliphatic carbocycles. The highest BCUT2D eigenvalue weighted by molar-refractivity contribution is 5.95. The van der Waals surface area contributed by atoms with Crippen molar-refractivity contribution in [2.75, 3.05) is 5.73 Å². The average molecular weight is 362 g/mol. The highest BCUT2D eigenvalue weighted by atomic mass is 35.5. The lowest BCUT2D eigenvalue weighted by molar-refractivity contribution is 0.0936. The van der Waals surface area contributed by atoms with E-state index in [4.69, 9.17) is 5.73 Å². The molecule has 1 unspecified atom stereocenters. The number of hydrogen-bond acceptors (Lipinski definition) is 3. The van der Waals surface area contributed by atoms with Crippen LogP contribution in [0.25, 0.3) is 0 Å². The molecule has 134 valence electrons. The van der Waals surface area contributed by atoms with E-state index in [2.05, 4.69) is 10.6 Å². The summed E-state index contributed by atoms with van der Waals surface area (Å²) in [7, 11) is 0. The van der Waals surface area contributed by atoms with Gasteiger partial charge in [0, 0.05) is 29.4 Å². The average Bonchev–Trinajstić information content (AvgIpc) is 2.60. The lowest BCUT2D eigenvalue weighted by Gasteiger charge is -2.12. The third-order valence-electron chi connectivity index (χ3n) is 3.80. The number of benzene rings is 2. The molecule has 25 heavy (non-hydrogen) atoms. The first kappa shape index (κ1) is 20.5. The van der Waals surface area contributed by atoms with Crippen LogP contribution in [-0.2, 0) is 6.54 Å². The van der Waals surface area contributed by atoms with Gasteiger partial charge in [0.25, 0.3) is 11.8 Å². The van der Waals surface area contributed by atoms with Crippen molar-refractivity contribution >= 4 is 29.9 Å². The van der Waals surface area contributed by atoms with E-state index in [0.29, 0.717) is 23.4 Å². The summed E-state index contributed by atoms with van der Waals surface area (Å²) in [6.45, 7) is 4.34. The van der Waals surface area contributed by atoms with Crippen LogP contribution in [0.5, 0.6) is 0 Å². The molecule has 0 saturated carbocycles. The van der Waals surface area contributed by atoms with Crippen molar-refractivity contribution in [2.24, 2.45) is 0 Å². The van der Waals surface area contributed by atoms with Crippen molar-refractivity contribution in [1.82, 2.24) is 10.6 Å². The number of nitrogens with one attached hydrogen (secondary N) is 2. The summed E-state index contributed by atoms with van der Waals surface area (Å²) in [5, 5.41) is 5.77. The minimum atomic E-state index is -0.176. The van der Waals surface area contributed by atoms with Gasteiger partial charge in [0.05, 0.1) is 0 Å². The van der Waals surface area contributed by atoms with Crippen molar-refractivity contribution in [3.05, 3.63) is 65.2 Å². The first-order chi connectivity index (χ1) is 11.5. The molecule has 5 nitrogen and oxygen atoms in total. The number of nitrogen functional groups attached to an aromatic ring is 1. The van der Waals surface area contributed by atoms with Crippen LogP contribution in [0.1, 0.15) is 46.5 Å². The van der Waals surface area contributed by atoms with Gasteiger partial charge in [0.1, 0.15) is 0 Å². The minimum Gasteiger partial charge on any atom is -0.399 e. The van der Waals surface area contributed by atoms with Crippen molar-refractivity contribution in [2.45, 2.75) is 32.9 Å². The van der Waals surface area contributed by atoms with Gasteiger partial charge in [-0.2, -0.15) is 0 Å². The van der Waals surface area contributed by atoms with Crippen LogP contribution in [0.4, 0.5) is 5.69 Å². The van der Waals surface area contributed by atoms with Gasteiger partial charge < -0.3 is 16.4 Å². The van der Waals surface area contributed by atoms with E-state index in [-0.39, 0.29) is 30.3 Å². The van der Waals surface area contributed by atoms with Crippen LogP contribution in [-0.4, -0.2) is 17.9 Å². The molecule has 1 atom stereocenters. The molecule has 6 heteroatoms. The van der Waals surface area contributed by atoms with Gasteiger partial charge in [0.2, 0.25) is 0 Å². The molecule has 0 bridgehead atoms. The lowest BCUT2D eigenvalue weighted by Crippen LogP contribution is -2.32. The summed E-state index contributed by atoms with van der Waals surface area (Å²) < 4.78 is 0. The fourth-order valence-electron chi connectivity index (χ4n) is 2.15. The second-order valence-electron chi connectivity index (χ2n) is 5.79. The molecule has 0 saturated heterocycles. The van der Waals surface area contributed by atoms with Crippen molar-refractivity contribution in [3.63, 3.8) is 0 Å². The number of amides is 2. The maximum atomic E-state index is 12.1. The van der Waals surface area contributed by atoms with Crippen molar-refractivity contribution in [3.8, 4) is 0 Å². The van der Waals surface area contributed by atoms with Crippen LogP contribution in [0.3, 0.4) is 0 Å². The Hall–Kier alpha value is -2.53. The molecular formula is C19H24ClN3O2. The zero-order valence-electron chi connectivity index (χ0n) is 14.4. The van der Waals surface area contributed by atoms with Gasteiger partial charge >= 0.3 is 0 Å². The smallest absolute Gasteiger partial charge is 0.251 e. The Balaban J connectivity index is 0.00000312. The Labute approximate surface area is 154 Å². The predicted octanol–water partition coefficient (Wildman–Crippen LogP) is 3.15. The molecule has 2 aromatic rings. The Kier molecular flexibility index (Phi) is 7.95. The number of nitrogens with two attached hydrogens (primary N) is 1. The lowest BCUT2D eigenvalue weighted by atomic mass is 10.1. The number of anilines is 1. The van der Waals surface area contributed by atoms with E-state index in [1.54, 1.807) is 36.4 Å². The molecule has 4 N–H and O–H groups in total. The molecule has 0 spiro atoms. The quantitative estimate of drug-likeness (QED) is 0.691. The van der Waals surface area contributed by atoms with Crippen LogP contribution in [0, 0.1) is 0 Å². The highest BCUT2D eigenvalue weighted by Crippen LogP contribution is 2.08. The first-order valence-corrected chi connectivity index (χ1v) is 8.03. The summed E-state index contributed by atoms with van der Waals surface area (Å²) in [6.07, 6.45) is 0.878. The molecule has 0 radical (unpaired) electrons. The predicted molar refractivity (Wildman–Crippen MR) is 103 cm³/mol. The Morgan fingerprint density at radius 1 is 1.04 bits per heavy atom. The topological polar surface area (TPSA) is 84.2 Å². The number of halogens is 1. The molecular weight excluding hydrogens is 338 g/mol. The van der Waals surface area contributed by atoms with Gasteiger partial charge in [-0.3, -0.25) is 9.59 Å². The number of hydrogen-bond donors (Lipinski definition) is 3. The van der Waals surface area contributed by atoms with E-state index in [9.17, 15) is 9.59 Å². The number of rotatable bonds is 6. The largest absolute Gasteiger partial charge is 0.399 e. The maximum Gasteiger partial charge on any atom is 0.251 e. The zero-order chi connectivity index (χ0) is 17.5. The minimum absolute atomic E-state index is 0. The molecule has 0 heterocycles. The standard InChI is InChI=1S/C19H23N3O2.ClH/c1-3-13(2)22-19(24)16-6-4-5-14(11-16)12-21-18(23)15-7-9-17(20)10-8-15;/h4-11,13H,3,12,20H2,1-2H3,(H,21,23)(H,22,24);1H. The van der Waals surface area contributed by atoms with E-state index >= 15 is 0 Å². The monoisotopic (exact) mass is 361 g/mol. The fraction of sp³-hybridized carbons (Fsp3) is 0.263. The molecule has 0 aliphatic rings. The molecule has 0 aliphatic heterocycles. The summed E-state index contributed by atoms with van der Waals surface area (Å²) in [6, 6.07) is 14.1. The van der Waals surface area contributed by atoms with Gasteiger partial charge in [-0.05, 0) is 55.3 Å². The van der Waals surface area contributed by atoms with Crippen LogP contribution >= 0.6 is 12.4 Å². The second kappa shape index (κ2) is 9.69. The summed E-state index contributed by atoms with van der Waals surface area (Å²) >= 11 is 0.